The number of likely N-dealkylation sites (tertiary alicyclic amines) is 1. The molecular weight excluding hydrogens is 386 g/mol. The molecule has 1 amide bonds. The molecule has 1 spiro atoms. The van der Waals surface area contributed by atoms with Crippen LogP contribution < -0.4 is 5.32 Å². The summed E-state index contributed by atoms with van der Waals surface area (Å²) in [5, 5.41) is 4.40. The zero-order valence-electron chi connectivity index (χ0n) is 18.2. The molecule has 1 atom stereocenters. The monoisotopic (exact) mass is 417 g/mol. The molecule has 0 bridgehead atoms. The van der Waals surface area contributed by atoms with Crippen LogP contribution in [-0.2, 0) is 18.3 Å². The maximum atomic E-state index is 12.3. The lowest BCUT2D eigenvalue weighted by molar-refractivity contribution is -0.0764. The third-order valence-corrected chi connectivity index (χ3v) is 7.01. The Bertz CT molecular complexity index is 1050. The van der Waals surface area contributed by atoms with Gasteiger partial charge in [-0.3, -0.25) is 9.69 Å². The summed E-state index contributed by atoms with van der Waals surface area (Å²) < 4.78 is 8.73. The molecule has 5 rings (SSSR count). The summed E-state index contributed by atoms with van der Waals surface area (Å²) in [6.45, 7) is 3.71. The van der Waals surface area contributed by atoms with Gasteiger partial charge in [-0.05, 0) is 49.4 Å². The van der Waals surface area contributed by atoms with E-state index >= 15 is 0 Å². The first-order valence-corrected chi connectivity index (χ1v) is 11.4. The third-order valence-electron chi connectivity index (χ3n) is 7.01. The Morgan fingerprint density at radius 1 is 1.06 bits per heavy atom. The predicted molar refractivity (Wildman–Crippen MR) is 123 cm³/mol. The van der Waals surface area contributed by atoms with Crippen LogP contribution >= 0.6 is 0 Å². The van der Waals surface area contributed by atoms with E-state index in [9.17, 15) is 4.79 Å². The second kappa shape index (κ2) is 8.48. The van der Waals surface area contributed by atoms with E-state index in [1.807, 2.05) is 30.3 Å². The summed E-state index contributed by atoms with van der Waals surface area (Å²) in [4.78, 5) is 14.9. The second-order valence-electron chi connectivity index (χ2n) is 9.10. The minimum absolute atomic E-state index is 0.00258. The topological polar surface area (TPSA) is 46.5 Å². The third kappa shape index (κ3) is 4.25. The second-order valence-corrected chi connectivity index (χ2v) is 9.10. The summed E-state index contributed by atoms with van der Waals surface area (Å²) in [5.41, 5.74) is 3.41. The van der Waals surface area contributed by atoms with Gasteiger partial charge >= 0.3 is 0 Å². The first-order valence-electron chi connectivity index (χ1n) is 11.4. The van der Waals surface area contributed by atoms with E-state index in [0.717, 1.165) is 45.3 Å². The van der Waals surface area contributed by atoms with Gasteiger partial charge in [-0.2, -0.15) is 0 Å². The number of piperidine rings is 1. The molecule has 0 unspecified atom stereocenters. The quantitative estimate of drug-likeness (QED) is 0.679. The van der Waals surface area contributed by atoms with Gasteiger partial charge in [0.25, 0.3) is 5.91 Å². The lowest BCUT2D eigenvalue weighted by Gasteiger charge is -2.39. The molecule has 3 aromatic rings. The molecular formula is C26H31N3O2. The SMILES string of the molecule is Cn1cc(CN2CCC3(CC[C@@H](CNC(=O)c4ccccc4)O3)CC2)c2ccccc21. The lowest BCUT2D eigenvalue weighted by Crippen LogP contribution is -2.44. The summed E-state index contributed by atoms with van der Waals surface area (Å²) in [6.07, 6.45) is 6.66. The minimum Gasteiger partial charge on any atom is -0.370 e. The van der Waals surface area contributed by atoms with Crippen LogP contribution in [-0.4, -0.2) is 46.7 Å². The molecule has 0 saturated carbocycles. The van der Waals surface area contributed by atoms with Gasteiger partial charge in [0.1, 0.15) is 0 Å². The van der Waals surface area contributed by atoms with E-state index in [-0.39, 0.29) is 17.6 Å². The number of benzene rings is 2. The number of nitrogens with zero attached hydrogens (tertiary/aromatic N) is 2. The average Bonchev–Trinajstić information content (AvgIpc) is 3.35. The Labute approximate surface area is 184 Å². The van der Waals surface area contributed by atoms with Crippen LogP contribution in [0.5, 0.6) is 0 Å². The van der Waals surface area contributed by atoms with Crippen LogP contribution in [0.25, 0.3) is 10.9 Å². The van der Waals surface area contributed by atoms with E-state index in [1.165, 1.54) is 16.5 Å². The van der Waals surface area contributed by atoms with Crippen molar-refractivity contribution in [3.05, 3.63) is 71.9 Å². The van der Waals surface area contributed by atoms with Crippen molar-refractivity contribution in [2.24, 2.45) is 7.05 Å². The van der Waals surface area contributed by atoms with Crippen molar-refractivity contribution in [1.29, 1.82) is 0 Å². The van der Waals surface area contributed by atoms with Crippen molar-refractivity contribution >= 4 is 16.8 Å². The fourth-order valence-electron chi connectivity index (χ4n) is 5.22. The zero-order valence-corrected chi connectivity index (χ0v) is 18.2. The molecule has 2 aliphatic heterocycles. The molecule has 5 nitrogen and oxygen atoms in total. The first-order chi connectivity index (χ1) is 15.1. The van der Waals surface area contributed by atoms with E-state index in [1.54, 1.807) is 0 Å². The predicted octanol–water partition coefficient (Wildman–Crippen LogP) is 4.12. The molecule has 0 radical (unpaired) electrons. The number of carbonyl (C=O) groups is 1. The molecule has 2 aromatic carbocycles. The highest BCUT2D eigenvalue weighted by atomic mass is 16.5. The molecule has 1 N–H and O–H groups in total. The first kappa shape index (κ1) is 20.3. The number of amides is 1. The summed E-state index contributed by atoms with van der Waals surface area (Å²) in [5.74, 6) is -0.0185. The van der Waals surface area contributed by atoms with Crippen LogP contribution in [0.4, 0.5) is 0 Å². The minimum atomic E-state index is -0.0185. The number of aromatic nitrogens is 1. The zero-order chi connectivity index (χ0) is 21.3. The number of hydrogen-bond acceptors (Lipinski definition) is 3. The number of para-hydroxylation sites is 1. The van der Waals surface area contributed by atoms with Gasteiger partial charge in [-0.25, -0.2) is 0 Å². The van der Waals surface area contributed by atoms with E-state index in [4.69, 9.17) is 4.74 Å². The Morgan fingerprint density at radius 3 is 2.61 bits per heavy atom. The Kier molecular flexibility index (Phi) is 5.55. The molecule has 2 aliphatic rings. The molecule has 31 heavy (non-hydrogen) atoms. The van der Waals surface area contributed by atoms with Crippen molar-refractivity contribution in [3.63, 3.8) is 0 Å². The van der Waals surface area contributed by atoms with Gasteiger partial charge in [0.05, 0.1) is 11.7 Å². The van der Waals surface area contributed by atoms with Crippen LogP contribution in [0, 0.1) is 0 Å². The number of carbonyl (C=O) groups excluding carboxylic acids is 1. The number of nitrogens with one attached hydrogen (secondary N) is 1. The largest absolute Gasteiger partial charge is 0.370 e. The number of hydrogen-bond donors (Lipinski definition) is 1. The smallest absolute Gasteiger partial charge is 0.251 e. The van der Waals surface area contributed by atoms with Crippen molar-refractivity contribution < 1.29 is 9.53 Å². The van der Waals surface area contributed by atoms with Gasteiger partial charge in [-0.15, -0.1) is 0 Å². The highest BCUT2D eigenvalue weighted by Gasteiger charge is 2.42. The number of ether oxygens (including phenoxy) is 1. The molecule has 2 fully saturated rings. The van der Waals surface area contributed by atoms with Crippen molar-refractivity contribution in [2.75, 3.05) is 19.6 Å². The Hall–Kier alpha value is -2.63. The van der Waals surface area contributed by atoms with Crippen LogP contribution in [0.3, 0.4) is 0 Å². The van der Waals surface area contributed by atoms with E-state index < -0.39 is 0 Å². The van der Waals surface area contributed by atoms with E-state index in [0.29, 0.717) is 12.1 Å². The standard InChI is InChI=1S/C26H31N3O2/c1-28-18-21(23-9-5-6-10-24(23)28)19-29-15-13-26(14-16-29)12-11-22(31-26)17-27-25(30)20-7-3-2-4-8-20/h2-10,18,22H,11-17,19H2,1H3,(H,27,30)/t22-/m0/s1. The van der Waals surface area contributed by atoms with Crippen molar-refractivity contribution in [1.82, 2.24) is 14.8 Å². The van der Waals surface area contributed by atoms with Crippen LogP contribution in [0.15, 0.2) is 60.8 Å². The van der Waals surface area contributed by atoms with Gasteiger partial charge in [0.2, 0.25) is 0 Å². The Balaban J connectivity index is 1.13. The summed E-state index contributed by atoms with van der Waals surface area (Å²) in [7, 11) is 2.13. The van der Waals surface area contributed by atoms with Gasteiger partial charge in [0, 0.05) is 55.9 Å². The molecule has 2 saturated heterocycles. The highest BCUT2D eigenvalue weighted by Crippen LogP contribution is 2.39. The fraction of sp³-hybridized carbons (Fsp3) is 0.423. The van der Waals surface area contributed by atoms with Crippen molar-refractivity contribution in [3.8, 4) is 0 Å². The average molecular weight is 418 g/mol. The lowest BCUT2D eigenvalue weighted by atomic mass is 9.88. The molecule has 5 heteroatoms. The van der Waals surface area contributed by atoms with Gasteiger partial charge < -0.3 is 14.6 Å². The fourth-order valence-corrected chi connectivity index (χ4v) is 5.22. The highest BCUT2D eigenvalue weighted by molar-refractivity contribution is 5.94. The normalized spacial score (nSPS) is 21.0. The number of fused-ring (bicyclic) bond motifs is 1. The van der Waals surface area contributed by atoms with Gasteiger partial charge in [-0.1, -0.05) is 36.4 Å². The molecule has 0 aliphatic carbocycles. The van der Waals surface area contributed by atoms with Crippen molar-refractivity contribution in [2.45, 2.75) is 43.9 Å². The Morgan fingerprint density at radius 2 is 1.81 bits per heavy atom. The summed E-state index contributed by atoms with van der Waals surface area (Å²) >= 11 is 0. The molecule has 3 heterocycles. The van der Waals surface area contributed by atoms with Gasteiger partial charge in [0.15, 0.2) is 0 Å². The molecule has 1 aromatic heterocycles. The van der Waals surface area contributed by atoms with E-state index in [2.05, 4.69) is 52.3 Å². The van der Waals surface area contributed by atoms with Crippen LogP contribution in [0.1, 0.15) is 41.6 Å². The number of rotatable bonds is 5. The number of aryl methyl sites for hydroxylation is 1. The molecule has 162 valence electrons. The maximum Gasteiger partial charge on any atom is 0.251 e. The van der Waals surface area contributed by atoms with Crippen LogP contribution in [0.2, 0.25) is 0 Å². The summed E-state index contributed by atoms with van der Waals surface area (Å²) in [6, 6.07) is 18.0. The maximum absolute atomic E-state index is 12.3.